The molecule has 1 heterocycles. The number of hydrogen-bond donors (Lipinski definition) is 3. The molecule has 6 nitrogen and oxygen atoms in total. The lowest BCUT2D eigenvalue weighted by atomic mass is 9.87. The first kappa shape index (κ1) is 18.2. The number of guanidine groups is 1. The van der Waals surface area contributed by atoms with E-state index in [1.54, 1.807) is 24.6 Å². The van der Waals surface area contributed by atoms with Crippen LogP contribution in [0.3, 0.4) is 0 Å². The molecule has 8 heteroatoms. The normalized spacial score (nSPS) is 22.8. The van der Waals surface area contributed by atoms with E-state index in [2.05, 4.69) is 27.3 Å². The van der Waals surface area contributed by atoms with Crippen molar-refractivity contribution in [2.24, 2.45) is 10.9 Å². The minimum absolute atomic E-state index is 0.321. The molecular formula is C15H26N4O2S2. The molecule has 23 heavy (non-hydrogen) atoms. The van der Waals surface area contributed by atoms with Gasteiger partial charge in [0.1, 0.15) is 4.21 Å². The molecule has 0 bridgehead atoms. The van der Waals surface area contributed by atoms with E-state index >= 15 is 0 Å². The Balaban J connectivity index is 1.72. The van der Waals surface area contributed by atoms with Crippen molar-refractivity contribution < 1.29 is 8.42 Å². The second kappa shape index (κ2) is 8.65. The lowest BCUT2D eigenvalue weighted by Gasteiger charge is -2.28. The van der Waals surface area contributed by atoms with Crippen molar-refractivity contribution in [2.75, 3.05) is 20.1 Å². The summed E-state index contributed by atoms with van der Waals surface area (Å²) >= 11 is 1.22. The van der Waals surface area contributed by atoms with Crippen molar-refractivity contribution in [1.29, 1.82) is 0 Å². The number of sulfonamides is 1. The third-order valence-corrected chi connectivity index (χ3v) is 6.83. The summed E-state index contributed by atoms with van der Waals surface area (Å²) in [6, 6.07) is 3.78. The molecular weight excluding hydrogens is 332 g/mol. The van der Waals surface area contributed by atoms with Crippen molar-refractivity contribution in [3.8, 4) is 0 Å². The van der Waals surface area contributed by atoms with Gasteiger partial charge in [-0.05, 0) is 30.2 Å². The first-order valence-electron chi connectivity index (χ1n) is 8.01. The topological polar surface area (TPSA) is 82.6 Å². The molecule has 0 aromatic carbocycles. The van der Waals surface area contributed by atoms with Gasteiger partial charge < -0.3 is 10.6 Å². The van der Waals surface area contributed by atoms with Crippen LogP contribution in [0.15, 0.2) is 26.7 Å². The Labute approximate surface area is 142 Å². The number of rotatable bonds is 6. The molecule has 1 aliphatic carbocycles. The average molecular weight is 359 g/mol. The molecule has 0 spiro atoms. The van der Waals surface area contributed by atoms with Crippen molar-refractivity contribution >= 4 is 27.3 Å². The quantitative estimate of drug-likeness (QED) is 0.411. The van der Waals surface area contributed by atoms with Gasteiger partial charge in [0.25, 0.3) is 0 Å². The fraction of sp³-hybridized carbons (Fsp3) is 0.667. The zero-order chi connectivity index (χ0) is 16.7. The Morgan fingerprint density at radius 3 is 2.87 bits per heavy atom. The number of nitrogens with one attached hydrogen (secondary N) is 3. The Morgan fingerprint density at radius 2 is 2.22 bits per heavy atom. The largest absolute Gasteiger partial charge is 0.355 e. The molecule has 0 radical (unpaired) electrons. The van der Waals surface area contributed by atoms with Crippen LogP contribution in [0.25, 0.3) is 0 Å². The molecule has 0 amide bonds. The fourth-order valence-corrected chi connectivity index (χ4v) is 4.88. The molecule has 2 atom stereocenters. The zero-order valence-corrected chi connectivity index (χ0v) is 15.3. The first-order valence-corrected chi connectivity index (χ1v) is 10.4. The van der Waals surface area contributed by atoms with Crippen LogP contribution in [0.1, 0.15) is 32.6 Å². The monoisotopic (exact) mass is 358 g/mol. The Bertz CT molecular complexity index is 599. The summed E-state index contributed by atoms with van der Waals surface area (Å²) in [5.41, 5.74) is 0. The lowest BCUT2D eigenvalue weighted by Crippen LogP contribution is -2.46. The van der Waals surface area contributed by atoms with Gasteiger partial charge in [-0.15, -0.1) is 11.3 Å². The van der Waals surface area contributed by atoms with Crippen LogP contribution in [0.2, 0.25) is 0 Å². The Hall–Kier alpha value is -1.12. The third-order valence-electron chi connectivity index (χ3n) is 3.97. The van der Waals surface area contributed by atoms with E-state index < -0.39 is 10.0 Å². The molecule has 2 unspecified atom stereocenters. The van der Waals surface area contributed by atoms with Gasteiger partial charge in [0, 0.05) is 26.2 Å². The first-order chi connectivity index (χ1) is 11.0. The van der Waals surface area contributed by atoms with Crippen LogP contribution in [-0.2, 0) is 10.0 Å². The van der Waals surface area contributed by atoms with Crippen LogP contribution in [0.4, 0.5) is 0 Å². The lowest BCUT2D eigenvalue weighted by molar-refractivity contribution is 0.324. The zero-order valence-electron chi connectivity index (χ0n) is 13.7. The molecule has 1 aromatic heterocycles. The second-order valence-electron chi connectivity index (χ2n) is 5.94. The van der Waals surface area contributed by atoms with Crippen molar-refractivity contribution in [3.05, 3.63) is 17.5 Å². The highest BCUT2D eigenvalue weighted by molar-refractivity contribution is 7.91. The highest BCUT2D eigenvalue weighted by Crippen LogP contribution is 2.23. The summed E-state index contributed by atoms with van der Waals surface area (Å²) in [7, 11) is -1.65. The smallest absolute Gasteiger partial charge is 0.250 e. The van der Waals surface area contributed by atoms with Gasteiger partial charge in [-0.3, -0.25) is 4.99 Å². The molecule has 130 valence electrons. The maximum atomic E-state index is 12.0. The minimum atomic E-state index is -3.39. The maximum absolute atomic E-state index is 12.0. The van der Waals surface area contributed by atoms with Gasteiger partial charge in [-0.2, -0.15) is 0 Å². The van der Waals surface area contributed by atoms with E-state index in [1.165, 1.54) is 24.2 Å². The van der Waals surface area contributed by atoms with Crippen molar-refractivity contribution in [1.82, 2.24) is 15.4 Å². The van der Waals surface area contributed by atoms with Gasteiger partial charge in [-0.1, -0.05) is 25.8 Å². The summed E-state index contributed by atoms with van der Waals surface area (Å²) in [4.78, 5) is 4.21. The van der Waals surface area contributed by atoms with E-state index in [0.29, 0.717) is 23.3 Å². The van der Waals surface area contributed by atoms with E-state index in [1.807, 2.05) is 0 Å². The van der Waals surface area contributed by atoms with Gasteiger partial charge in [-0.25, -0.2) is 13.1 Å². The Morgan fingerprint density at radius 1 is 1.39 bits per heavy atom. The summed E-state index contributed by atoms with van der Waals surface area (Å²) in [6.45, 7) is 3.10. The van der Waals surface area contributed by atoms with E-state index in [-0.39, 0.29) is 0 Å². The molecule has 0 aliphatic heterocycles. The second-order valence-corrected chi connectivity index (χ2v) is 8.88. The van der Waals surface area contributed by atoms with Crippen LogP contribution >= 0.6 is 11.3 Å². The third kappa shape index (κ3) is 5.78. The van der Waals surface area contributed by atoms with Gasteiger partial charge in [0.05, 0.1) is 0 Å². The number of thiophene rings is 1. The highest BCUT2D eigenvalue weighted by atomic mass is 32.2. The maximum Gasteiger partial charge on any atom is 0.250 e. The van der Waals surface area contributed by atoms with E-state index in [0.717, 1.165) is 24.7 Å². The van der Waals surface area contributed by atoms with Crippen molar-refractivity contribution in [2.45, 2.75) is 42.9 Å². The fourth-order valence-electron chi connectivity index (χ4n) is 2.81. The van der Waals surface area contributed by atoms with E-state index in [9.17, 15) is 8.42 Å². The summed E-state index contributed by atoms with van der Waals surface area (Å²) in [5, 5.41) is 8.34. The highest BCUT2D eigenvalue weighted by Gasteiger charge is 2.19. The van der Waals surface area contributed by atoms with Crippen LogP contribution in [-0.4, -0.2) is 40.6 Å². The molecule has 1 aromatic rings. The molecule has 1 fully saturated rings. The summed E-state index contributed by atoms with van der Waals surface area (Å²) < 4.78 is 26.9. The molecule has 2 rings (SSSR count). The molecule has 3 N–H and O–H groups in total. The Kier molecular flexibility index (Phi) is 6.86. The van der Waals surface area contributed by atoms with Crippen LogP contribution in [0.5, 0.6) is 0 Å². The van der Waals surface area contributed by atoms with Gasteiger partial charge in [0.2, 0.25) is 10.0 Å². The average Bonchev–Trinajstić information content (AvgIpc) is 3.05. The van der Waals surface area contributed by atoms with Crippen LogP contribution < -0.4 is 15.4 Å². The number of hydrogen-bond acceptors (Lipinski definition) is 4. The predicted molar refractivity (Wildman–Crippen MR) is 95.4 cm³/mol. The number of aliphatic imine (C=N–C) groups is 1. The summed E-state index contributed by atoms with van der Waals surface area (Å²) in [6.07, 6.45) is 4.87. The number of nitrogens with zero attached hydrogens (tertiary/aromatic N) is 1. The van der Waals surface area contributed by atoms with Crippen LogP contribution in [0, 0.1) is 5.92 Å². The van der Waals surface area contributed by atoms with Gasteiger partial charge in [0.15, 0.2) is 5.96 Å². The predicted octanol–water partition coefficient (Wildman–Crippen LogP) is 1.77. The minimum Gasteiger partial charge on any atom is -0.355 e. The standard InChI is InChI=1S/C15H26N4O2S2/c1-12-5-3-6-13(11-12)19-15(16-2)17-8-9-18-23(20,21)14-7-4-10-22-14/h4,7,10,12-13,18H,3,5-6,8-9,11H2,1-2H3,(H2,16,17,19). The summed E-state index contributed by atoms with van der Waals surface area (Å²) in [5.74, 6) is 1.48. The molecule has 1 aliphatic rings. The molecule has 1 saturated carbocycles. The molecule has 0 saturated heterocycles. The SMILES string of the molecule is CN=C(NCCNS(=O)(=O)c1cccs1)NC1CCCC(C)C1. The van der Waals surface area contributed by atoms with E-state index in [4.69, 9.17) is 0 Å². The van der Waals surface area contributed by atoms with Crippen molar-refractivity contribution in [3.63, 3.8) is 0 Å². The van der Waals surface area contributed by atoms with Gasteiger partial charge >= 0.3 is 0 Å².